The van der Waals surface area contributed by atoms with E-state index in [1.165, 1.54) is 0 Å². The molecule has 5 nitrogen and oxygen atoms in total. The Morgan fingerprint density at radius 1 is 1.33 bits per heavy atom. The van der Waals surface area contributed by atoms with Gasteiger partial charge in [0.1, 0.15) is 11.9 Å². The van der Waals surface area contributed by atoms with Crippen molar-refractivity contribution in [2.45, 2.75) is 37.4 Å². The first-order chi connectivity index (χ1) is 11.6. The number of halogens is 1. The summed E-state index contributed by atoms with van der Waals surface area (Å²) in [6.07, 6.45) is 3.00. The van der Waals surface area contributed by atoms with Crippen LogP contribution in [0.15, 0.2) is 24.3 Å². The number of likely N-dealkylation sites (tertiary alicyclic amines) is 1. The summed E-state index contributed by atoms with van der Waals surface area (Å²) in [5.74, 6) is 0.728. The maximum absolute atomic E-state index is 13.0. The SMILES string of the molecule is COC1(C(=O)N2CCCC(Oc3ccccc3Cl)C2)CCOCC1. The van der Waals surface area contributed by atoms with Crippen molar-refractivity contribution in [3.63, 3.8) is 0 Å². The number of nitrogens with zero attached hydrogens (tertiary/aromatic N) is 1. The third kappa shape index (κ3) is 3.68. The van der Waals surface area contributed by atoms with E-state index in [0.717, 1.165) is 19.4 Å². The summed E-state index contributed by atoms with van der Waals surface area (Å²) in [6, 6.07) is 7.44. The molecule has 6 heteroatoms. The summed E-state index contributed by atoms with van der Waals surface area (Å²) in [5.41, 5.74) is -0.746. The lowest BCUT2D eigenvalue weighted by Crippen LogP contribution is -2.56. The molecule has 1 atom stereocenters. The number of ether oxygens (including phenoxy) is 3. The first-order valence-corrected chi connectivity index (χ1v) is 8.86. The smallest absolute Gasteiger partial charge is 0.255 e. The van der Waals surface area contributed by atoms with Crippen LogP contribution in [0.2, 0.25) is 5.02 Å². The molecule has 0 spiro atoms. The van der Waals surface area contributed by atoms with E-state index in [0.29, 0.717) is 43.4 Å². The summed E-state index contributed by atoms with van der Waals surface area (Å²) in [5, 5.41) is 0.596. The van der Waals surface area contributed by atoms with Crippen molar-refractivity contribution in [1.29, 1.82) is 0 Å². The van der Waals surface area contributed by atoms with E-state index >= 15 is 0 Å². The molecular weight excluding hydrogens is 330 g/mol. The number of hydrogen-bond acceptors (Lipinski definition) is 4. The molecule has 1 unspecified atom stereocenters. The largest absolute Gasteiger partial charge is 0.487 e. The van der Waals surface area contributed by atoms with Crippen LogP contribution in [-0.2, 0) is 14.3 Å². The monoisotopic (exact) mass is 353 g/mol. The number of methoxy groups -OCH3 is 1. The Bertz CT molecular complexity index is 574. The minimum atomic E-state index is -0.746. The minimum absolute atomic E-state index is 0.0450. The van der Waals surface area contributed by atoms with Gasteiger partial charge in [0.15, 0.2) is 5.60 Å². The van der Waals surface area contributed by atoms with Gasteiger partial charge in [0, 0.05) is 39.7 Å². The Balaban J connectivity index is 1.66. The normalized spacial score (nSPS) is 23.8. The Morgan fingerprint density at radius 2 is 2.08 bits per heavy atom. The molecule has 1 aromatic carbocycles. The number of para-hydroxylation sites is 1. The number of carbonyl (C=O) groups excluding carboxylic acids is 1. The van der Waals surface area contributed by atoms with Gasteiger partial charge in [0.25, 0.3) is 5.91 Å². The van der Waals surface area contributed by atoms with Crippen LogP contribution >= 0.6 is 11.6 Å². The number of rotatable bonds is 4. The van der Waals surface area contributed by atoms with Gasteiger partial charge in [-0.1, -0.05) is 23.7 Å². The van der Waals surface area contributed by atoms with Crippen LogP contribution in [0.4, 0.5) is 0 Å². The molecule has 0 radical (unpaired) electrons. The summed E-state index contributed by atoms with van der Waals surface area (Å²) < 4.78 is 17.0. The molecule has 3 rings (SSSR count). The lowest BCUT2D eigenvalue weighted by atomic mass is 9.91. The van der Waals surface area contributed by atoms with E-state index in [1.54, 1.807) is 7.11 Å². The van der Waals surface area contributed by atoms with Gasteiger partial charge in [0.05, 0.1) is 11.6 Å². The molecule has 2 aliphatic rings. The average Bonchev–Trinajstić information content (AvgIpc) is 2.64. The second-order valence-electron chi connectivity index (χ2n) is 6.37. The van der Waals surface area contributed by atoms with Gasteiger partial charge >= 0.3 is 0 Å². The summed E-state index contributed by atoms with van der Waals surface area (Å²) >= 11 is 6.17. The highest BCUT2D eigenvalue weighted by atomic mass is 35.5. The zero-order valence-corrected chi connectivity index (χ0v) is 14.8. The molecule has 0 bridgehead atoms. The third-order valence-electron chi connectivity index (χ3n) is 4.88. The van der Waals surface area contributed by atoms with E-state index in [1.807, 2.05) is 29.2 Å². The Hall–Kier alpha value is -1.30. The predicted molar refractivity (Wildman–Crippen MR) is 91.5 cm³/mol. The van der Waals surface area contributed by atoms with Crippen LogP contribution in [0.3, 0.4) is 0 Å². The molecule has 24 heavy (non-hydrogen) atoms. The van der Waals surface area contributed by atoms with E-state index in [-0.39, 0.29) is 12.0 Å². The van der Waals surface area contributed by atoms with Crippen molar-refractivity contribution in [3.05, 3.63) is 29.3 Å². The fourth-order valence-corrected chi connectivity index (χ4v) is 3.61. The molecule has 2 fully saturated rings. The quantitative estimate of drug-likeness (QED) is 0.835. The van der Waals surface area contributed by atoms with E-state index in [9.17, 15) is 4.79 Å². The molecule has 1 aromatic rings. The van der Waals surface area contributed by atoms with Crippen LogP contribution in [0.25, 0.3) is 0 Å². The molecule has 0 saturated carbocycles. The summed E-state index contributed by atoms with van der Waals surface area (Å²) in [4.78, 5) is 14.9. The Labute approximate surface area is 147 Å². The van der Waals surface area contributed by atoms with Crippen LogP contribution in [0.5, 0.6) is 5.75 Å². The molecule has 132 valence electrons. The molecule has 2 saturated heterocycles. The topological polar surface area (TPSA) is 48.0 Å². The highest BCUT2D eigenvalue weighted by molar-refractivity contribution is 6.32. The van der Waals surface area contributed by atoms with Crippen LogP contribution < -0.4 is 4.74 Å². The second kappa shape index (κ2) is 7.72. The zero-order valence-electron chi connectivity index (χ0n) is 14.0. The van der Waals surface area contributed by atoms with Crippen molar-refractivity contribution in [2.75, 3.05) is 33.4 Å². The number of hydrogen-bond donors (Lipinski definition) is 0. The predicted octanol–water partition coefficient (Wildman–Crippen LogP) is 2.91. The fourth-order valence-electron chi connectivity index (χ4n) is 3.43. The number of benzene rings is 1. The van der Waals surface area contributed by atoms with Crippen LogP contribution in [0.1, 0.15) is 25.7 Å². The fraction of sp³-hybridized carbons (Fsp3) is 0.611. The zero-order chi connectivity index (χ0) is 17.0. The highest BCUT2D eigenvalue weighted by Gasteiger charge is 2.44. The van der Waals surface area contributed by atoms with Crippen molar-refractivity contribution in [2.24, 2.45) is 0 Å². The second-order valence-corrected chi connectivity index (χ2v) is 6.78. The maximum atomic E-state index is 13.0. The highest BCUT2D eigenvalue weighted by Crippen LogP contribution is 2.30. The van der Waals surface area contributed by atoms with Gasteiger partial charge in [-0.25, -0.2) is 0 Å². The Morgan fingerprint density at radius 3 is 2.79 bits per heavy atom. The van der Waals surface area contributed by atoms with Gasteiger partial charge in [-0.2, -0.15) is 0 Å². The standard InChI is InChI=1S/C18H24ClNO4/c1-22-18(8-11-23-12-9-18)17(21)20-10-4-5-14(13-20)24-16-7-3-2-6-15(16)19/h2-3,6-7,14H,4-5,8-13H2,1H3. The van der Waals surface area contributed by atoms with Gasteiger partial charge < -0.3 is 19.1 Å². The van der Waals surface area contributed by atoms with Gasteiger partial charge in [-0.15, -0.1) is 0 Å². The molecule has 0 N–H and O–H groups in total. The van der Waals surface area contributed by atoms with Crippen LogP contribution in [-0.4, -0.2) is 55.9 Å². The van der Waals surface area contributed by atoms with Crippen LogP contribution in [0, 0.1) is 0 Å². The van der Waals surface area contributed by atoms with E-state index in [2.05, 4.69) is 0 Å². The number of piperidine rings is 1. The molecule has 2 aliphatic heterocycles. The first kappa shape index (κ1) is 17.5. The van der Waals surface area contributed by atoms with E-state index < -0.39 is 5.60 Å². The maximum Gasteiger partial charge on any atom is 0.255 e. The van der Waals surface area contributed by atoms with Crippen molar-refractivity contribution >= 4 is 17.5 Å². The van der Waals surface area contributed by atoms with Crippen molar-refractivity contribution in [1.82, 2.24) is 4.90 Å². The molecule has 0 aliphatic carbocycles. The first-order valence-electron chi connectivity index (χ1n) is 8.48. The van der Waals surface area contributed by atoms with Gasteiger partial charge in [0.2, 0.25) is 0 Å². The van der Waals surface area contributed by atoms with Gasteiger partial charge in [-0.05, 0) is 25.0 Å². The lowest BCUT2D eigenvalue weighted by molar-refractivity contribution is -0.168. The van der Waals surface area contributed by atoms with E-state index in [4.69, 9.17) is 25.8 Å². The van der Waals surface area contributed by atoms with Crippen molar-refractivity contribution in [3.8, 4) is 5.75 Å². The molecule has 2 heterocycles. The summed E-state index contributed by atoms with van der Waals surface area (Å²) in [6.45, 7) is 2.43. The number of carbonyl (C=O) groups is 1. The average molecular weight is 354 g/mol. The minimum Gasteiger partial charge on any atom is -0.487 e. The lowest BCUT2D eigenvalue weighted by Gasteiger charge is -2.41. The summed E-state index contributed by atoms with van der Waals surface area (Å²) in [7, 11) is 1.62. The molecular formula is C18H24ClNO4. The molecule has 0 aromatic heterocycles. The third-order valence-corrected chi connectivity index (χ3v) is 5.19. The molecule has 1 amide bonds. The Kier molecular flexibility index (Phi) is 5.64. The van der Waals surface area contributed by atoms with Gasteiger partial charge in [-0.3, -0.25) is 4.79 Å². The number of amides is 1. The van der Waals surface area contributed by atoms with Crippen molar-refractivity contribution < 1.29 is 19.0 Å².